The van der Waals surface area contributed by atoms with Gasteiger partial charge in [-0.3, -0.25) is 0 Å². The molecule has 1 aliphatic rings. The Morgan fingerprint density at radius 3 is 3.07 bits per heavy atom. The Morgan fingerprint density at radius 1 is 1.71 bits per heavy atom. The topological polar surface area (TPSA) is 59.6 Å². The normalized spacial score (nSPS) is 21.1. The van der Waals surface area contributed by atoms with Gasteiger partial charge in [0.1, 0.15) is 6.10 Å². The number of carbonyl (C=O) groups is 1. The zero-order valence-electron chi connectivity index (χ0n) is 8.71. The fraction of sp³-hybridized carbons (Fsp3) is 0.889. The van der Waals surface area contributed by atoms with E-state index in [0.29, 0.717) is 25.8 Å². The molecule has 1 atom stereocenters. The van der Waals surface area contributed by atoms with E-state index in [4.69, 9.17) is 9.47 Å². The van der Waals surface area contributed by atoms with Gasteiger partial charge in [-0.2, -0.15) is 0 Å². The number of rotatable bonds is 6. The average molecular weight is 202 g/mol. The first kappa shape index (κ1) is 11.3. The summed E-state index contributed by atoms with van der Waals surface area (Å²) in [5.74, 6) is 0. The highest BCUT2D eigenvalue weighted by atomic mass is 16.6. The number of alkyl carbamates (subject to hydrolysis) is 1. The van der Waals surface area contributed by atoms with Crippen LogP contribution in [0.25, 0.3) is 0 Å². The zero-order chi connectivity index (χ0) is 10.4. The van der Waals surface area contributed by atoms with Gasteiger partial charge < -0.3 is 20.1 Å². The van der Waals surface area contributed by atoms with E-state index in [-0.39, 0.29) is 12.2 Å². The molecule has 1 unspecified atom stereocenters. The molecule has 2 N–H and O–H groups in total. The van der Waals surface area contributed by atoms with Crippen LogP contribution in [0.5, 0.6) is 0 Å². The highest BCUT2D eigenvalue weighted by Gasteiger charge is 2.21. The number of hydrogen-bond donors (Lipinski definition) is 2. The largest absolute Gasteiger partial charge is 0.442 e. The Balaban J connectivity index is 1.91. The molecular formula is C9H18N2O3. The summed E-state index contributed by atoms with van der Waals surface area (Å²) < 4.78 is 10.2. The monoisotopic (exact) mass is 202 g/mol. The molecule has 5 heteroatoms. The average Bonchev–Trinajstić information content (AvgIpc) is 2.50. The third-order valence-electron chi connectivity index (χ3n) is 1.85. The van der Waals surface area contributed by atoms with Gasteiger partial charge in [-0.1, -0.05) is 13.8 Å². The molecule has 0 radical (unpaired) electrons. The summed E-state index contributed by atoms with van der Waals surface area (Å²) >= 11 is 0. The van der Waals surface area contributed by atoms with Crippen molar-refractivity contribution in [3.05, 3.63) is 0 Å². The van der Waals surface area contributed by atoms with Gasteiger partial charge in [0, 0.05) is 12.6 Å². The lowest BCUT2D eigenvalue weighted by Crippen LogP contribution is -2.28. The molecule has 82 valence electrons. The Bertz CT molecular complexity index is 185. The van der Waals surface area contributed by atoms with Crippen LogP contribution in [-0.2, 0) is 9.47 Å². The Hall–Kier alpha value is -0.810. The van der Waals surface area contributed by atoms with E-state index in [1.54, 1.807) is 0 Å². The SMILES string of the molecule is CC(C)NCCOCC1CNC(=O)O1. The van der Waals surface area contributed by atoms with Crippen molar-refractivity contribution < 1.29 is 14.3 Å². The lowest BCUT2D eigenvalue weighted by atomic mass is 10.4. The second-order valence-electron chi connectivity index (χ2n) is 3.59. The van der Waals surface area contributed by atoms with Crippen molar-refractivity contribution in [2.24, 2.45) is 0 Å². The van der Waals surface area contributed by atoms with Gasteiger partial charge in [-0.25, -0.2) is 4.79 Å². The molecule has 0 aromatic rings. The van der Waals surface area contributed by atoms with Crippen LogP contribution in [0.2, 0.25) is 0 Å². The smallest absolute Gasteiger partial charge is 0.407 e. The van der Waals surface area contributed by atoms with Crippen molar-refractivity contribution >= 4 is 6.09 Å². The van der Waals surface area contributed by atoms with Crippen molar-refractivity contribution in [2.45, 2.75) is 26.0 Å². The second-order valence-corrected chi connectivity index (χ2v) is 3.59. The molecule has 0 bridgehead atoms. The third kappa shape index (κ3) is 4.43. The Labute approximate surface area is 84.1 Å². The van der Waals surface area contributed by atoms with Gasteiger partial charge >= 0.3 is 6.09 Å². The quantitative estimate of drug-likeness (QED) is 0.600. The summed E-state index contributed by atoms with van der Waals surface area (Å²) in [6, 6.07) is 0.476. The van der Waals surface area contributed by atoms with Crippen LogP contribution in [0.1, 0.15) is 13.8 Å². The first-order valence-corrected chi connectivity index (χ1v) is 4.94. The minimum absolute atomic E-state index is 0.124. The minimum atomic E-state index is -0.348. The van der Waals surface area contributed by atoms with Crippen LogP contribution in [-0.4, -0.2) is 44.5 Å². The fourth-order valence-corrected chi connectivity index (χ4v) is 1.16. The van der Waals surface area contributed by atoms with Crippen molar-refractivity contribution in [3.8, 4) is 0 Å². The van der Waals surface area contributed by atoms with Crippen LogP contribution < -0.4 is 10.6 Å². The summed E-state index contributed by atoms with van der Waals surface area (Å²) in [7, 11) is 0. The van der Waals surface area contributed by atoms with E-state index in [1.165, 1.54) is 0 Å². The van der Waals surface area contributed by atoms with E-state index < -0.39 is 0 Å². The lowest BCUT2D eigenvalue weighted by molar-refractivity contribution is 0.0468. The molecule has 1 fully saturated rings. The van der Waals surface area contributed by atoms with E-state index >= 15 is 0 Å². The van der Waals surface area contributed by atoms with Crippen molar-refractivity contribution in [1.29, 1.82) is 0 Å². The highest BCUT2D eigenvalue weighted by molar-refractivity contribution is 5.69. The number of hydrogen-bond acceptors (Lipinski definition) is 4. The van der Waals surface area contributed by atoms with Crippen molar-refractivity contribution in [1.82, 2.24) is 10.6 Å². The number of carbonyl (C=O) groups excluding carboxylic acids is 1. The minimum Gasteiger partial charge on any atom is -0.442 e. The van der Waals surface area contributed by atoms with Gasteiger partial charge in [-0.15, -0.1) is 0 Å². The molecule has 1 amide bonds. The Kier molecular flexibility index (Phi) is 4.69. The van der Waals surface area contributed by atoms with Crippen LogP contribution in [0.4, 0.5) is 4.79 Å². The van der Waals surface area contributed by atoms with Crippen LogP contribution >= 0.6 is 0 Å². The van der Waals surface area contributed by atoms with E-state index in [2.05, 4.69) is 24.5 Å². The number of ether oxygens (including phenoxy) is 2. The summed E-state index contributed by atoms with van der Waals surface area (Å²) in [5, 5.41) is 5.80. The molecule has 0 aromatic carbocycles. The fourth-order valence-electron chi connectivity index (χ4n) is 1.16. The molecule has 0 aliphatic carbocycles. The van der Waals surface area contributed by atoms with Gasteiger partial charge in [0.25, 0.3) is 0 Å². The highest BCUT2D eigenvalue weighted by Crippen LogP contribution is 1.99. The molecule has 1 aliphatic heterocycles. The second kappa shape index (κ2) is 5.82. The molecule has 14 heavy (non-hydrogen) atoms. The molecule has 1 heterocycles. The van der Waals surface area contributed by atoms with Crippen molar-refractivity contribution in [3.63, 3.8) is 0 Å². The molecule has 1 saturated heterocycles. The number of nitrogens with one attached hydrogen (secondary N) is 2. The summed E-state index contributed by atoms with van der Waals surface area (Å²) in [6.45, 7) is 6.66. The molecule has 0 spiro atoms. The number of amides is 1. The Morgan fingerprint density at radius 2 is 2.50 bits per heavy atom. The van der Waals surface area contributed by atoms with Gasteiger partial charge in [0.05, 0.1) is 19.8 Å². The van der Waals surface area contributed by atoms with E-state index in [9.17, 15) is 4.79 Å². The van der Waals surface area contributed by atoms with Crippen LogP contribution in [0, 0.1) is 0 Å². The first-order chi connectivity index (χ1) is 6.68. The first-order valence-electron chi connectivity index (χ1n) is 4.94. The third-order valence-corrected chi connectivity index (χ3v) is 1.85. The predicted octanol–water partition coefficient (Wildman–Crippen LogP) is 0.109. The van der Waals surface area contributed by atoms with Crippen LogP contribution in [0.3, 0.4) is 0 Å². The lowest BCUT2D eigenvalue weighted by Gasteiger charge is -2.10. The molecule has 0 aromatic heterocycles. The molecule has 5 nitrogen and oxygen atoms in total. The summed E-state index contributed by atoms with van der Waals surface area (Å²) in [4.78, 5) is 10.6. The van der Waals surface area contributed by atoms with Gasteiger partial charge in [0.2, 0.25) is 0 Å². The zero-order valence-corrected chi connectivity index (χ0v) is 8.71. The standard InChI is InChI=1S/C9H18N2O3/c1-7(2)10-3-4-13-6-8-5-11-9(12)14-8/h7-8,10H,3-6H2,1-2H3,(H,11,12). The van der Waals surface area contributed by atoms with Gasteiger partial charge in [-0.05, 0) is 0 Å². The molecular weight excluding hydrogens is 184 g/mol. The molecule has 1 rings (SSSR count). The summed E-state index contributed by atoms with van der Waals surface area (Å²) in [5.41, 5.74) is 0. The van der Waals surface area contributed by atoms with Gasteiger partial charge in [0.15, 0.2) is 0 Å². The van der Waals surface area contributed by atoms with E-state index in [0.717, 1.165) is 6.54 Å². The maximum atomic E-state index is 10.6. The van der Waals surface area contributed by atoms with Crippen molar-refractivity contribution in [2.75, 3.05) is 26.3 Å². The maximum absolute atomic E-state index is 10.6. The predicted molar refractivity (Wildman–Crippen MR) is 52.2 cm³/mol. The molecule has 0 saturated carbocycles. The summed E-state index contributed by atoms with van der Waals surface area (Å²) in [6.07, 6.45) is -0.472. The number of cyclic esters (lactones) is 1. The van der Waals surface area contributed by atoms with E-state index in [1.807, 2.05) is 0 Å². The maximum Gasteiger partial charge on any atom is 0.407 e. The van der Waals surface area contributed by atoms with Crippen LogP contribution in [0.15, 0.2) is 0 Å².